The van der Waals surface area contributed by atoms with Crippen molar-refractivity contribution in [2.24, 2.45) is 17.4 Å². The molecule has 1 aliphatic rings. The van der Waals surface area contributed by atoms with Crippen LogP contribution in [-0.4, -0.2) is 17.5 Å². The number of allylic oxidation sites excluding steroid dienone is 3. The van der Waals surface area contributed by atoms with Crippen LogP contribution in [0, 0.1) is 24.5 Å². The van der Waals surface area contributed by atoms with Gasteiger partial charge in [0, 0.05) is 38.1 Å². The summed E-state index contributed by atoms with van der Waals surface area (Å²) in [6, 6.07) is 24.5. The number of hydrogen-bond donors (Lipinski definition) is 2. The van der Waals surface area contributed by atoms with E-state index in [1.807, 2.05) is 66.7 Å². The van der Waals surface area contributed by atoms with Crippen molar-refractivity contribution in [3.63, 3.8) is 0 Å². The molecular weight excluding hydrogens is 671 g/mol. The minimum Gasteiger partial charge on any atom is -0.402 e. The van der Waals surface area contributed by atoms with Crippen LogP contribution in [0.2, 0.25) is 0 Å². The first kappa shape index (κ1) is 39.4. The summed E-state index contributed by atoms with van der Waals surface area (Å²) in [5.74, 6) is -1.17. The number of halogens is 2. The number of benzene rings is 3. The minimum atomic E-state index is -0.567. The van der Waals surface area contributed by atoms with Gasteiger partial charge in [0.1, 0.15) is 11.6 Å². The molecule has 6 rings (SSSR count). The van der Waals surface area contributed by atoms with E-state index in [-0.39, 0.29) is 29.1 Å². The Bertz CT molecular complexity index is 2020. The van der Waals surface area contributed by atoms with Crippen molar-refractivity contribution in [2.75, 3.05) is 0 Å². The summed E-state index contributed by atoms with van der Waals surface area (Å²) >= 11 is 2.74. The van der Waals surface area contributed by atoms with Crippen LogP contribution in [0.15, 0.2) is 114 Å². The minimum absolute atomic E-state index is 0.00293. The van der Waals surface area contributed by atoms with Gasteiger partial charge in [0.15, 0.2) is 0 Å². The van der Waals surface area contributed by atoms with Gasteiger partial charge < -0.3 is 11.5 Å². The van der Waals surface area contributed by atoms with Gasteiger partial charge in [-0.2, -0.15) is 0 Å². The Labute approximate surface area is 301 Å². The molecule has 1 aliphatic carbocycles. The predicted octanol–water partition coefficient (Wildman–Crippen LogP) is 10.8. The summed E-state index contributed by atoms with van der Waals surface area (Å²) < 4.78 is 26.0. The summed E-state index contributed by atoms with van der Waals surface area (Å²) in [6.07, 6.45) is 1.78. The zero-order valence-electron chi connectivity index (χ0n) is 29.3. The second kappa shape index (κ2) is 18.1. The van der Waals surface area contributed by atoms with Gasteiger partial charge in [-0.3, -0.25) is 14.4 Å². The Morgan fingerprint density at radius 3 is 1.54 bits per heavy atom. The molecule has 3 aromatic carbocycles. The van der Waals surface area contributed by atoms with E-state index in [1.54, 1.807) is 48.5 Å². The summed E-state index contributed by atoms with van der Waals surface area (Å²) in [4.78, 5) is 39.8. The van der Waals surface area contributed by atoms with E-state index >= 15 is 0 Å². The molecule has 0 aliphatic heterocycles. The van der Waals surface area contributed by atoms with Crippen molar-refractivity contribution in [1.29, 1.82) is 0 Å². The van der Waals surface area contributed by atoms with Gasteiger partial charge in [0.25, 0.3) is 0 Å². The smallest absolute Gasteiger partial charge is 0.248 e. The lowest BCUT2D eigenvalue weighted by Gasteiger charge is -2.06. The van der Waals surface area contributed by atoms with Crippen LogP contribution < -0.4 is 11.5 Å². The molecule has 5 aromatic rings. The van der Waals surface area contributed by atoms with Crippen LogP contribution >= 0.6 is 22.7 Å². The third kappa shape index (κ3) is 9.37. The molecule has 2 heterocycles. The molecule has 4 N–H and O–H groups in total. The zero-order valence-corrected chi connectivity index (χ0v) is 30.9. The average molecular weight is 713 g/mol. The van der Waals surface area contributed by atoms with E-state index in [2.05, 4.69) is 0 Å². The fraction of sp³-hybridized carbons (Fsp3) is 0.195. The molecule has 0 radical (unpaired) electrons. The average Bonchev–Trinajstić information content (AvgIpc) is 3.88. The van der Waals surface area contributed by atoms with Crippen molar-refractivity contribution < 1.29 is 23.2 Å². The van der Waals surface area contributed by atoms with Gasteiger partial charge in [0.2, 0.25) is 17.5 Å². The van der Waals surface area contributed by atoms with Gasteiger partial charge in [-0.15, -0.1) is 22.7 Å². The predicted molar refractivity (Wildman–Crippen MR) is 204 cm³/mol. The maximum atomic E-state index is 13.0. The van der Waals surface area contributed by atoms with Gasteiger partial charge in [0.05, 0.1) is 9.75 Å². The molecule has 0 saturated carbocycles. The van der Waals surface area contributed by atoms with E-state index in [1.165, 1.54) is 53.0 Å². The molecule has 50 heavy (non-hydrogen) atoms. The molecular formula is C41H42F2N2O3S2. The molecule has 0 spiro atoms. The quantitative estimate of drug-likeness (QED) is 0.164. The van der Waals surface area contributed by atoms with Gasteiger partial charge in [-0.05, 0) is 97.3 Å². The molecule has 0 bridgehead atoms. The SMILES string of the molecule is CC.CC.CC1=C(C(=O)c2ccc(-c3ccc(F)cc3)s2)C=C(N)C1C.Cc1ccc(C(N)=O)cc1C(=O)c1ccc(-c2ccc(F)cc2)s1. The van der Waals surface area contributed by atoms with Crippen LogP contribution in [0.5, 0.6) is 0 Å². The van der Waals surface area contributed by atoms with E-state index in [0.29, 0.717) is 26.5 Å². The second-order valence-electron chi connectivity index (χ2n) is 10.9. The molecule has 1 amide bonds. The highest BCUT2D eigenvalue weighted by atomic mass is 32.1. The van der Waals surface area contributed by atoms with E-state index in [0.717, 1.165) is 37.7 Å². The molecule has 1 unspecified atom stereocenters. The molecule has 2 aromatic heterocycles. The highest BCUT2D eigenvalue weighted by Crippen LogP contribution is 2.34. The first-order valence-corrected chi connectivity index (χ1v) is 18.0. The fourth-order valence-electron chi connectivity index (χ4n) is 4.88. The van der Waals surface area contributed by atoms with Gasteiger partial charge in [-0.1, -0.05) is 70.5 Å². The Morgan fingerprint density at radius 1 is 0.660 bits per heavy atom. The number of carbonyl (C=O) groups is 3. The lowest BCUT2D eigenvalue weighted by molar-refractivity contribution is 0.0998. The lowest BCUT2D eigenvalue weighted by Crippen LogP contribution is -2.12. The zero-order chi connectivity index (χ0) is 37.1. The lowest BCUT2D eigenvalue weighted by atomic mass is 10.0. The highest BCUT2D eigenvalue weighted by Gasteiger charge is 2.25. The third-order valence-corrected chi connectivity index (χ3v) is 10.1. The van der Waals surface area contributed by atoms with Crippen LogP contribution in [0.25, 0.3) is 20.9 Å². The molecule has 1 atom stereocenters. The molecule has 0 fully saturated rings. The van der Waals surface area contributed by atoms with Crippen molar-refractivity contribution in [2.45, 2.75) is 48.5 Å². The number of ketones is 2. The molecule has 9 heteroatoms. The normalized spacial score (nSPS) is 13.1. The summed E-state index contributed by atoms with van der Waals surface area (Å²) in [5.41, 5.74) is 16.9. The fourth-order valence-corrected chi connectivity index (χ4v) is 6.81. The Morgan fingerprint density at radius 2 is 1.12 bits per heavy atom. The van der Waals surface area contributed by atoms with Gasteiger partial charge >= 0.3 is 0 Å². The summed E-state index contributed by atoms with van der Waals surface area (Å²) in [7, 11) is 0. The number of primary amides is 1. The van der Waals surface area contributed by atoms with E-state index in [4.69, 9.17) is 11.5 Å². The summed E-state index contributed by atoms with van der Waals surface area (Å²) in [6.45, 7) is 13.8. The third-order valence-electron chi connectivity index (χ3n) is 7.81. The van der Waals surface area contributed by atoms with Crippen molar-refractivity contribution in [3.8, 4) is 20.9 Å². The number of carbonyl (C=O) groups excluding carboxylic acids is 3. The van der Waals surface area contributed by atoms with Crippen LogP contribution in [0.1, 0.15) is 82.4 Å². The molecule has 260 valence electrons. The number of thiophene rings is 2. The Hall–Kier alpha value is -4.99. The number of nitrogens with two attached hydrogens (primary N) is 2. The van der Waals surface area contributed by atoms with Crippen molar-refractivity contribution in [3.05, 3.63) is 152 Å². The molecule has 5 nitrogen and oxygen atoms in total. The first-order valence-electron chi connectivity index (χ1n) is 16.3. The maximum absolute atomic E-state index is 13.0. The second-order valence-corrected chi connectivity index (χ2v) is 13.0. The largest absolute Gasteiger partial charge is 0.402 e. The number of Topliss-reactive ketones (excluding diaryl/α,β-unsaturated/α-hetero) is 1. The van der Waals surface area contributed by atoms with Crippen LogP contribution in [0.4, 0.5) is 8.78 Å². The Kier molecular flexibility index (Phi) is 14.3. The number of rotatable bonds is 7. The number of hydrogen-bond acceptors (Lipinski definition) is 6. The molecule has 0 saturated heterocycles. The van der Waals surface area contributed by atoms with E-state index in [9.17, 15) is 23.2 Å². The van der Waals surface area contributed by atoms with Crippen molar-refractivity contribution >= 4 is 40.1 Å². The van der Waals surface area contributed by atoms with Gasteiger partial charge in [-0.25, -0.2) is 8.78 Å². The number of aryl methyl sites for hydroxylation is 1. The standard InChI is InChI=1S/C19H14FNO2S.C18H16FNOS.2C2H6/c1-11-2-3-13(19(21)23)10-15(11)18(22)17-9-8-16(24-17)12-4-6-14(20)7-5-12;1-10-11(2)15(20)9-14(10)18(21)17-8-7-16(22-17)12-3-5-13(19)6-4-12;2*1-2/h2-10H,1H3,(H2,21,23);3-9,11H,20H2,1-2H3;2*1-2H3. The van der Waals surface area contributed by atoms with E-state index < -0.39 is 5.91 Å². The first-order chi connectivity index (χ1) is 23.9. The number of amides is 1. The maximum Gasteiger partial charge on any atom is 0.248 e. The monoisotopic (exact) mass is 712 g/mol. The van der Waals surface area contributed by atoms with Crippen LogP contribution in [0.3, 0.4) is 0 Å². The summed E-state index contributed by atoms with van der Waals surface area (Å²) in [5, 5.41) is 0. The Balaban J connectivity index is 0.000000247. The van der Waals surface area contributed by atoms with Crippen molar-refractivity contribution in [1.82, 2.24) is 0 Å². The highest BCUT2D eigenvalue weighted by molar-refractivity contribution is 7.18. The topological polar surface area (TPSA) is 103 Å². The van der Waals surface area contributed by atoms with Crippen LogP contribution in [-0.2, 0) is 0 Å².